The third kappa shape index (κ3) is 3.70. The SMILES string of the molecule is Cc1cc(-c2ccc3c(c2)CCCN3Cc2ccc(C(F)(F)F)cc2)n[nH]1. The lowest BCUT2D eigenvalue weighted by Crippen LogP contribution is -2.28. The summed E-state index contributed by atoms with van der Waals surface area (Å²) >= 11 is 0. The molecule has 0 spiro atoms. The second-order valence-corrected chi connectivity index (χ2v) is 7.00. The molecule has 6 heteroatoms. The maximum Gasteiger partial charge on any atom is 0.416 e. The molecule has 0 aliphatic carbocycles. The van der Waals surface area contributed by atoms with E-state index < -0.39 is 11.7 Å². The zero-order chi connectivity index (χ0) is 19.0. The van der Waals surface area contributed by atoms with Crippen molar-refractivity contribution in [3.63, 3.8) is 0 Å². The zero-order valence-corrected chi connectivity index (χ0v) is 15.0. The Morgan fingerprint density at radius 1 is 1.07 bits per heavy atom. The first-order valence-corrected chi connectivity index (χ1v) is 8.96. The molecule has 0 unspecified atom stereocenters. The molecule has 140 valence electrons. The van der Waals surface area contributed by atoms with Crippen molar-refractivity contribution < 1.29 is 13.2 Å². The molecule has 1 aromatic heterocycles. The minimum Gasteiger partial charge on any atom is -0.367 e. The molecule has 2 aromatic carbocycles. The van der Waals surface area contributed by atoms with Crippen molar-refractivity contribution in [2.75, 3.05) is 11.4 Å². The molecule has 0 saturated carbocycles. The predicted octanol–water partition coefficient (Wildman–Crippen LogP) is 5.36. The smallest absolute Gasteiger partial charge is 0.367 e. The number of anilines is 1. The summed E-state index contributed by atoms with van der Waals surface area (Å²) in [5.74, 6) is 0. The summed E-state index contributed by atoms with van der Waals surface area (Å²) in [7, 11) is 0. The first-order valence-electron chi connectivity index (χ1n) is 8.96. The summed E-state index contributed by atoms with van der Waals surface area (Å²) in [6.45, 7) is 3.47. The van der Waals surface area contributed by atoms with E-state index in [0.29, 0.717) is 6.54 Å². The van der Waals surface area contributed by atoms with Crippen molar-refractivity contribution in [3.05, 3.63) is 70.9 Å². The summed E-state index contributed by atoms with van der Waals surface area (Å²) in [5.41, 5.74) is 5.70. The highest BCUT2D eigenvalue weighted by atomic mass is 19.4. The number of nitrogens with one attached hydrogen (secondary N) is 1. The van der Waals surface area contributed by atoms with Gasteiger partial charge in [-0.3, -0.25) is 5.10 Å². The number of rotatable bonds is 3. The van der Waals surface area contributed by atoms with Crippen molar-refractivity contribution in [2.24, 2.45) is 0 Å². The van der Waals surface area contributed by atoms with Crippen LogP contribution in [0, 0.1) is 6.92 Å². The zero-order valence-electron chi connectivity index (χ0n) is 15.0. The summed E-state index contributed by atoms with van der Waals surface area (Å²) in [6.07, 6.45) is -2.27. The van der Waals surface area contributed by atoms with Gasteiger partial charge < -0.3 is 4.90 Å². The first kappa shape index (κ1) is 17.6. The van der Waals surface area contributed by atoms with Crippen LogP contribution in [0.4, 0.5) is 18.9 Å². The normalized spacial score (nSPS) is 14.3. The van der Waals surface area contributed by atoms with Gasteiger partial charge in [0.2, 0.25) is 0 Å². The predicted molar refractivity (Wildman–Crippen MR) is 99.6 cm³/mol. The number of aromatic nitrogens is 2. The molecule has 1 N–H and O–H groups in total. The fourth-order valence-corrected chi connectivity index (χ4v) is 3.58. The molecule has 0 fully saturated rings. The molecule has 0 radical (unpaired) electrons. The molecule has 3 nitrogen and oxygen atoms in total. The van der Waals surface area contributed by atoms with Crippen LogP contribution in [-0.2, 0) is 19.1 Å². The van der Waals surface area contributed by atoms with Crippen LogP contribution in [-0.4, -0.2) is 16.7 Å². The Bertz CT molecular complexity index is 942. The number of benzene rings is 2. The molecule has 1 aliphatic heterocycles. The topological polar surface area (TPSA) is 31.9 Å². The number of fused-ring (bicyclic) bond motifs is 1. The number of hydrogen-bond acceptors (Lipinski definition) is 2. The van der Waals surface area contributed by atoms with Crippen LogP contribution in [0.25, 0.3) is 11.3 Å². The van der Waals surface area contributed by atoms with Crippen molar-refractivity contribution >= 4 is 5.69 Å². The van der Waals surface area contributed by atoms with Gasteiger partial charge in [0.05, 0.1) is 11.3 Å². The monoisotopic (exact) mass is 371 g/mol. The quantitative estimate of drug-likeness (QED) is 0.672. The lowest BCUT2D eigenvalue weighted by atomic mass is 9.97. The van der Waals surface area contributed by atoms with Crippen LogP contribution in [0.3, 0.4) is 0 Å². The van der Waals surface area contributed by atoms with Crippen molar-refractivity contribution in [1.29, 1.82) is 0 Å². The standard InChI is InChI=1S/C21H20F3N3/c1-14-11-19(26-25-14)16-6-9-20-17(12-16)3-2-10-27(20)13-15-4-7-18(8-5-15)21(22,23)24/h4-9,11-12H,2-3,10,13H2,1H3,(H,25,26). The number of aromatic amines is 1. The molecular formula is C21H20F3N3. The highest BCUT2D eigenvalue weighted by Crippen LogP contribution is 2.33. The van der Waals surface area contributed by atoms with Gasteiger partial charge in [-0.2, -0.15) is 18.3 Å². The highest BCUT2D eigenvalue weighted by molar-refractivity contribution is 5.67. The van der Waals surface area contributed by atoms with Crippen LogP contribution in [0.1, 0.15) is 28.8 Å². The van der Waals surface area contributed by atoms with E-state index >= 15 is 0 Å². The molecule has 2 heterocycles. The third-order valence-electron chi connectivity index (χ3n) is 4.95. The average molecular weight is 371 g/mol. The van der Waals surface area contributed by atoms with E-state index in [1.54, 1.807) is 12.1 Å². The maximum absolute atomic E-state index is 12.7. The first-order chi connectivity index (χ1) is 12.9. The number of aryl methyl sites for hydroxylation is 2. The Balaban J connectivity index is 1.56. The van der Waals surface area contributed by atoms with Crippen LogP contribution in [0.15, 0.2) is 48.5 Å². The summed E-state index contributed by atoms with van der Waals surface area (Å²) in [5, 5.41) is 7.28. The molecule has 1 aliphatic rings. The number of halogens is 3. The molecule has 0 atom stereocenters. The maximum atomic E-state index is 12.7. The van der Waals surface area contributed by atoms with E-state index in [-0.39, 0.29) is 0 Å². The Labute approximate surface area is 155 Å². The van der Waals surface area contributed by atoms with Crippen LogP contribution in [0.2, 0.25) is 0 Å². The molecule has 4 rings (SSSR count). The van der Waals surface area contributed by atoms with Crippen LogP contribution >= 0.6 is 0 Å². The van der Waals surface area contributed by atoms with E-state index in [1.807, 2.05) is 13.0 Å². The fraction of sp³-hybridized carbons (Fsp3) is 0.286. The largest absolute Gasteiger partial charge is 0.416 e. The molecule has 0 amide bonds. The van der Waals surface area contributed by atoms with Crippen molar-refractivity contribution in [3.8, 4) is 11.3 Å². The van der Waals surface area contributed by atoms with Gasteiger partial charge in [-0.25, -0.2) is 0 Å². The van der Waals surface area contributed by atoms with Gasteiger partial charge in [0.15, 0.2) is 0 Å². The summed E-state index contributed by atoms with van der Waals surface area (Å²) in [6, 6.07) is 13.8. The minimum absolute atomic E-state index is 0.603. The van der Waals surface area contributed by atoms with Gasteiger partial charge in [0, 0.05) is 30.0 Å². The van der Waals surface area contributed by atoms with Gasteiger partial charge in [-0.15, -0.1) is 0 Å². The van der Waals surface area contributed by atoms with Gasteiger partial charge >= 0.3 is 6.18 Å². The van der Waals surface area contributed by atoms with E-state index in [0.717, 1.165) is 59.7 Å². The second kappa shape index (κ2) is 6.76. The molecular weight excluding hydrogens is 351 g/mol. The lowest BCUT2D eigenvalue weighted by molar-refractivity contribution is -0.137. The van der Waals surface area contributed by atoms with Gasteiger partial charge in [-0.05, 0) is 61.2 Å². The Morgan fingerprint density at radius 3 is 2.52 bits per heavy atom. The van der Waals surface area contributed by atoms with Crippen molar-refractivity contribution in [1.82, 2.24) is 10.2 Å². The Kier molecular flexibility index (Phi) is 4.42. The lowest BCUT2D eigenvalue weighted by Gasteiger charge is -2.31. The average Bonchev–Trinajstić information content (AvgIpc) is 3.08. The summed E-state index contributed by atoms with van der Waals surface area (Å²) in [4.78, 5) is 2.24. The minimum atomic E-state index is -4.29. The number of hydrogen-bond donors (Lipinski definition) is 1. The van der Waals surface area contributed by atoms with Crippen LogP contribution < -0.4 is 4.90 Å². The molecule has 0 saturated heterocycles. The highest BCUT2D eigenvalue weighted by Gasteiger charge is 2.30. The van der Waals surface area contributed by atoms with Gasteiger partial charge in [0.1, 0.15) is 0 Å². The Morgan fingerprint density at radius 2 is 1.85 bits per heavy atom. The molecule has 27 heavy (non-hydrogen) atoms. The summed E-state index contributed by atoms with van der Waals surface area (Å²) < 4.78 is 38.2. The van der Waals surface area contributed by atoms with E-state index in [4.69, 9.17) is 0 Å². The second-order valence-electron chi connectivity index (χ2n) is 7.00. The van der Waals surface area contributed by atoms with Gasteiger partial charge in [-0.1, -0.05) is 18.2 Å². The molecule has 3 aromatic rings. The van der Waals surface area contributed by atoms with Crippen molar-refractivity contribution in [2.45, 2.75) is 32.5 Å². The van der Waals surface area contributed by atoms with E-state index in [1.165, 1.54) is 5.56 Å². The molecule has 0 bridgehead atoms. The van der Waals surface area contributed by atoms with E-state index in [2.05, 4.69) is 33.3 Å². The number of H-pyrrole nitrogens is 1. The third-order valence-corrected chi connectivity index (χ3v) is 4.95. The Hall–Kier alpha value is -2.76. The number of alkyl halides is 3. The van der Waals surface area contributed by atoms with Gasteiger partial charge in [0.25, 0.3) is 0 Å². The van der Waals surface area contributed by atoms with E-state index in [9.17, 15) is 13.2 Å². The van der Waals surface area contributed by atoms with Crippen LogP contribution in [0.5, 0.6) is 0 Å². The number of nitrogens with zero attached hydrogens (tertiary/aromatic N) is 2. The fourth-order valence-electron chi connectivity index (χ4n) is 3.58.